The molecule has 1 N–H and O–H groups in total. The van der Waals surface area contributed by atoms with Crippen LogP contribution in [0.2, 0.25) is 0 Å². The smallest absolute Gasteiger partial charge is 0.267 e. The van der Waals surface area contributed by atoms with Gasteiger partial charge in [0.15, 0.2) is 5.75 Å². The van der Waals surface area contributed by atoms with E-state index < -0.39 is 23.7 Å². The summed E-state index contributed by atoms with van der Waals surface area (Å²) in [5.41, 5.74) is -0.738. The lowest BCUT2D eigenvalue weighted by Gasteiger charge is -2.01. The molecule has 1 aromatic heterocycles. The van der Waals surface area contributed by atoms with Crippen molar-refractivity contribution >= 4 is 0 Å². The van der Waals surface area contributed by atoms with Gasteiger partial charge in [0, 0.05) is 6.20 Å². The number of halogens is 3. The van der Waals surface area contributed by atoms with Crippen molar-refractivity contribution in [3.05, 3.63) is 23.8 Å². The molecule has 0 aromatic carbocycles. The maximum absolute atomic E-state index is 12.2. The van der Waals surface area contributed by atoms with Crippen molar-refractivity contribution in [3.8, 4) is 5.75 Å². The topological polar surface area (TPSA) is 33.1 Å². The summed E-state index contributed by atoms with van der Waals surface area (Å²) in [6, 6.07) is 0.864. The predicted molar refractivity (Wildman–Crippen MR) is 30.8 cm³/mol. The Morgan fingerprint density at radius 2 is 2.09 bits per heavy atom. The molecule has 0 aliphatic heterocycles. The minimum absolute atomic E-state index is 0.738. The van der Waals surface area contributed by atoms with Crippen LogP contribution in [0.3, 0.4) is 0 Å². The minimum Gasteiger partial charge on any atom is -0.503 e. The number of aromatic hydroxyl groups is 1. The van der Waals surface area contributed by atoms with Gasteiger partial charge in [0.25, 0.3) is 12.4 Å². The molecule has 0 bridgehead atoms. The minimum atomic E-state index is -2.88. The molecule has 0 aliphatic carbocycles. The summed E-state index contributed by atoms with van der Waals surface area (Å²) in [5.74, 6) is -2.36. The van der Waals surface area contributed by atoms with Gasteiger partial charge in [-0.25, -0.2) is 13.8 Å². The van der Waals surface area contributed by atoms with Crippen molar-refractivity contribution in [3.63, 3.8) is 0 Å². The van der Waals surface area contributed by atoms with Gasteiger partial charge < -0.3 is 5.11 Å². The van der Waals surface area contributed by atoms with Crippen molar-refractivity contribution in [2.24, 2.45) is 0 Å². The molecular formula is C6H4F3NO. The third kappa shape index (κ3) is 1.42. The van der Waals surface area contributed by atoms with Gasteiger partial charge in [-0.2, -0.15) is 4.39 Å². The molecule has 0 spiro atoms. The number of hydrogen-bond donors (Lipinski definition) is 1. The molecule has 0 atom stereocenters. The first-order chi connectivity index (χ1) is 5.13. The molecule has 5 heteroatoms. The van der Waals surface area contributed by atoms with E-state index in [1.165, 1.54) is 0 Å². The van der Waals surface area contributed by atoms with Crippen LogP contribution in [0.15, 0.2) is 12.3 Å². The Kier molecular flexibility index (Phi) is 1.98. The Balaban J connectivity index is 3.17. The number of pyridine rings is 1. The summed E-state index contributed by atoms with van der Waals surface area (Å²) in [4.78, 5) is 2.97. The van der Waals surface area contributed by atoms with Gasteiger partial charge in [0.1, 0.15) is 0 Å². The maximum atomic E-state index is 12.2. The quantitative estimate of drug-likeness (QED) is 0.641. The number of hydrogen-bond acceptors (Lipinski definition) is 2. The highest BCUT2D eigenvalue weighted by molar-refractivity contribution is 5.30. The standard InChI is InChI=1S/C6H4F3NO/c7-5(8)3-1-2-10-6(9)4(3)11/h1-2,5,11H. The predicted octanol–water partition coefficient (Wildman–Crippen LogP) is 1.86. The van der Waals surface area contributed by atoms with Gasteiger partial charge in [-0.3, -0.25) is 0 Å². The number of alkyl halides is 2. The van der Waals surface area contributed by atoms with Gasteiger partial charge in [-0.15, -0.1) is 0 Å². The fourth-order valence-electron chi connectivity index (χ4n) is 0.618. The van der Waals surface area contributed by atoms with Crippen LogP contribution in [0.1, 0.15) is 12.0 Å². The van der Waals surface area contributed by atoms with E-state index in [0.29, 0.717) is 0 Å². The lowest BCUT2D eigenvalue weighted by molar-refractivity contribution is 0.146. The zero-order chi connectivity index (χ0) is 8.43. The van der Waals surface area contributed by atoms with Crippen molar-refractivity contribution in [2.45, 2.75) is 6.43 Å². The first-order valence-electron chi connectivity index (χ1n) is 2.74. The molecule has 0 unspecified atom stereocenters. The molecule has 0 saturated heterocycles. The van der Waals surface area contributed by atoms with E-state index in [9.17, 15) is 13.2 Å². The molecule has 1 rings (SSSR count). The summed E-state index contributed by atoms with van der Waals surface area (Å²) in [6.07, 6.45) is -2.01. The number of rotatable bonds is 1. The highest BCUT2D eigenvalue weighted by Crippen LogP contribution is 2.28. The van der Waals surface area contributed by atoms with Crippen LogP contribution in [0.5, 0.6) is 5.75 Å². The van der Waals surface area contributed by atoms with Gasteiger partial charge in [-0.05, 0) is 6.07 Å². The molecule has 11 heavy (non-hydrogen) atoms. The normalized spacial score (nSPS) is 10.5. The second-order valence-corrected chi connectivity index (χ2v) is 1.84. The summed E-state index contributed by atoms with van der Waals surface area (Å²) < 4.78 is 36.0. The molecule has 1 heterocycles. The largest absolute Gasteiger partial charge is 0.503 e. The van der Waals surface area contributed by atoms with E-state index in [2.05, 4.69) is 4.98 Å². The van der Waals surface area contributed by atoms with Gasteiger partial charge in [0.2, 0.25) is 0 Å². The molecule has 0 radical (unpaired) electrons. The summed E-state index contributed by atoms with van der Waals surface area (Å²) in [6.45, 7) is 0. The average Bonchev–Trinajstić information content (AvgIpc) is 1.94. The Hall–Kier alpha value is -1.26. The number of nitrogens with zero attached hydrogens (tertiary/aromatic N) is 1. The summed E-state index contributed by atoms with van der Waals surface area (Å²) >= 11 is 0. The first-order valence-corrected chi connectivity index (χ1v) is 2.74. The number of aromatic nitrogens is 1. The molecular weight excluding hydrogens is 159 g/mol. The Bertz CT molecular complexity index is 264. The van der Waals surface area contributed by atoms with Crippen LogP contribution in [-0.4, -0.2) is 10.1 Å². The van der Waals surface area contributed by atoms with Crippen LogP contribution < -0.4 is 0 Å². The van der Waals surface area contributed by atoms with Crippen LogP contribution in [0, 0.1) is 5.95 Å². The van der Waals surface area contributed by atoms with Crippen molar-refractivity contribution in [1.29, 1.82) is 0 Å². The third-order valence-corrected chi connectivity index (χ3v) is 1.15. The van der Waals surface area contributed by atoms with Crippen molar-refractivity contribution in [1.82, 2.24) is 4.98 Å². The van der Waals surface area contributed by atoms with E-state index in [-0.39, 0.29) is 0 Å². The van der Waals surface area contributed by atoms with E-state index in [0.717, 1.165) is 12.3 Å². The second-order valence-electron chi connectivity index (χ2n) is 1.84. The molecule has 0 aliphatic rings. The average molecular weight is 163 g/mol. The zero-order valence-corrected chi connectivity index (χ0v) is 5.26. The third-order valence-electron chi connectivity index (χ3n) is 1.15. The fourth-order valence-corrected chi connectivity index (χ4v) is 0.618. The van der Waals surface area contributed by atoms with Crippen LogP contribution >= 0.6 is 0 Å². The first kappa shape index (κ1) is 7.84. The summed E-state index contributed by atoms with van der Waals surface area (Å²) in [5, 5.41) is 8.65. The van der Waals surface area contributed by atoms with E-state index in [1.54, 1.807) is 0 Å². The van der Waals surface area contributed by atoms with Crippen LogP contribution in [0.25, 0.3) is 0 Å². The van der Waals surface area contributed by atoms with Crippen LogP contribution in [0.4, 0.5) is 13.2 Å². The van der Waals surface area contributed by atoms with E-state index >= 15 is 0 Å². The highest BCUT2D eigenvalue weighted by atomic mass is 19.3. The SMILES string of the molecule is Oc1c(C(F)F)ccnc1F. The van der Waals surface area contributed by atoms with Crippen molar-refractivity contribution < 1.29 is 18.3 Å². The summed E-state index contributed by atoms with van der Waals surface area (Å²) in [7, 11) is 0. The second kappa shape index (κ2) is 2.77. The highest BCUT2D eigenvalue weighted by Gasteiger charge is 2.15. The molecule has 2 nitrogen and oxygen atoms in total. The van der Waals surface area contributed by atoms with E-state index in [4.69, 9.17) is 5.11 Å². The molecule has 0 saturated carbocycles. The Labute approximate surface area is 60.3 Å². The van der Waals surface area contributed by atoms with Crippen molar-refractivity contribution in [2.75, 3.05) is 0 Å². The zero-order valence-electron chi connectivity index (χ0n) is 5.26. The monoisotopic (exact) mass is 163 g/mol. The molecule has 0 fully saturated rings. The van der Waals surface area contributed by atoms with Crippen LogP contribution in [-0.2, 0) is 0 Å². The molecule has 0 amide bonds. The maximum Gasteiger partial charge on any atom is 0.267 e. The van der Waals surface area contributed by atoms with E-state index in [1.807, 2.05) is 0 Å². The Morgan fingerprint density at radius 3 is 2.55 bits per heavy atom. The Morgan fingerprint density at radius 1 is 1.45 bits per heavy atom. The lowest BCUT2D eigenvalue weighted by Crippen LogP contribution is -1.90. The molecule has 60 valence electrons. The van der Waals surface area contributed by atoms with Gasteiger partial charge >= 0.3 is 0 Å². The fraction of sp³-hybridized carbons (Fsp3) is 0.167. The molecule has 1 aromatic rings. The van der Waals surface area contributed by atoms with Gasteiger partial charge in [-0.1, -0.05) is 0 Å². The van der Waals surface area contributed by atoms with Gasteiger partial charge in [0.05, 0.1) is 5.56 Å². The lowest BCUT2D eigenvalue weighted by atomic mass is 10.2.